The van der Waals surface area contributed by atoms with E-state index in [2.05, 4.69) is 5.32 Å². The monoisotopic (exact) mass is 207 g/mol. The van der Waals surface area contributed by atoms with Crippen molar-refractivity contribution < 1.29 is 4.79 Å². The number of hydrogen-bond acceptors (Lipinski definition) is 1. The molecule has 0 aromatic heterocycles. The van der Waals surface area contributed by atoms with Crippen LogP contribution in [-0.2, 0) is 4.79 Å². The Morgan fingerprint density at radius 1 is 1.33 bits per heavy atom. The first kappa shape index (κ1) is 9.68. The molecule has 4 aliphatic rings. The highest BCUT2D eigenvalue weighted by atomic mass is 16.1. The Labute approximate surface area is 91.8 Å². The summed E-state index contributed by atoms with van der Waals surface area (Å²) in [5, 5.41) is 3.32. The number of amides is 1. The molecule has 4 rings (SSSR count). The van der Waals surface area contributed by atoms with Crippen LogP contribution in [0.4, 0.5) is 0 Å². The van der Waals surface area contributed by atoms with Crippen molar-refractivity contribution >= 4 is 5.91 Å². The highest BCUT2D eigenvalue weighted by molar-refractivity contribution is 5.74. The lowest BCUT2D eigenvalue weighted by Gasteiger charge is -2.58. The minimum absolute atomic E-state index is 0.184. The summed E-state index contributed by atoms with van der Waals surface area (Å²) >= 11 is 0. The van der Waals surface area contributed by atoms with E-state index in [0.717, 1.165) is 17.8 Å². The maximum Gasteiger partial charge on any atom is 0.217 e. The molecule has 2 nitrogen and oxygen atoms in total. The summed E-state index contributed by atoms with van der Waals surface area (Å²) in [6, 6.07) is 0. The van der Waals surface area contributed by atoms with E-state index in [4.69, 9.17) is 0 Å². The number of carbonyl (C=O) groups excluding carboxylic acids is 1. The van der Waals surface area contributed by atoms with Gasteiger partial charge in [-0.25, -0.2) is 0 Å². The molecule has 2 heteroatoms. The van der Waals surface area contributed by atoms with Gasteiger partial charge in [0.15, 0.2) is 0 Å². The second-order valence-electron chi connectivity index (χ2n) is 5.98. The zero-order chi connectivity index (χ0) is 10.5. The van der Waals surface area contributed by atoms with E-state index in [0.29, 0.717) is 0 Å². The van der Waals surface area contributed by atoms with E-state index in [-0.39, 0.29) is 11.4 Å². The molecule has 1 N–H and O–H groups in total. The molecular formula is C13H21NO. The van der Waals surface area contributed by atoms with Gasteiger partial charge in [0.1, 0.15) is 0 Å². The summed E-state index contributed by atoms with van der Waals surface area (Å²) in [5.41, 5.74) is 0.218. The summed E-state index contributed by atoms with van der Waals surface area (Å²) in [6.45, 7) is 1.68. The van der Waals surface area contributed by atoms with Crippen molar-refractivity contribution in [2.45, 2.75) is 57.4 Å². The van der Waals surface area contributed by atoms with Gasteiger partial charge in [-0.05, 0) is 56.3 Å². The van der Waals surface area contributed by atoms with E-state index in [9.17, 15) is 4.79 Å². The van der Waals surface area contributed by atoms with E-state index in [1.165, 1.54) is 44.9 Å². The third-order valence-corrected chi connectivity index (χ3v) is 5.08. The van der Waals surface area contributed by atoms with Gasteiger partial charge in [0.05, 0.1) is 0 Å². The topological polar surface area (TPSA) is 29.1 Å². The van der Waals surface area contributed by atoms with Crippen molar-refractivity contribution in [3.8, 4) is 0 Å². The average molecular weight is 207 g/mol. The highest BCUT2D eigenvalue weighted by Crippen LogP contribution is 2.56. The Kier molecular flexibility index (Phi) is 2.08. The molecule has 15 heavy (non-hydrogen) atoms. The molecule has 4 bridgehead atoms. The van der Waals surface area contributed by atoms with Crippen LogP contribution in [0, 0.1) is 17.8 Å². The van der Waals surface area contributed by atoms with Crippen molar-refractivity contribution in [3.05, 3.63) is 0 Å². The molecular weight excluding hydrogens is 186 g/mol. The maximum atomic E-state index is 11.4. The van der Waals surface area contributed by atoms with Crippen molar-refractivity contribution in [1.82, 2.24) is 5.32 Å². The fourth-order valence-corrected chi connectivity index (χ4v) is 4.78. The molecule has 0 aromatic carbocycles. The zero-order valence-corrected chi connectivity index (χ0v) is 9.59. The van der Waals surface area contributed by atoms with Crippen molar-refractivity contribution in [2.24, 2.45) is 17.8 Å². The van der Waals surface area contributed by atoms with E-state index in [1.54, 1.807) is 6.92 Å². The molecule has 1 amide bonds. The fourth-order valence-electron chi connectivity index (χ4n) is 4.78. The van der Waals surface area contributed by atoms with Crippen LogP contribution in [0.5, 0.6) is 0 Å². The van der Waals surface area contributed by atoms with Gasteiger partial charge in [-0.15, -0.1) is 0 Å². The molecule has 4 fully saturated rings. The second-order valence-corrected chi connectivity index (χ2v) is 5.98. The Morgan fingerprint density at radius 2 is 2.20 bits per heavy atom. The molecule has 0 aliphatic heterocycles. The quantitative estimate of drug-likeness (QED) is 0.703. The second kappa shape index (κ2) is 3.23. The van der Waals surface area contributed by atoms with Gasteiger partial charge in [0.2, 0.25) is 5.91 Å². The minimum Gasteiger partial charge on any atom is -0.351 e. The molecule has 0 heterocycles. The SMILES string of the molecule is CC(=O)N[C@]12CCC[C@@H]3C[C@@H](CC[C@@H]31)C2. The maximum absolute atomic E-state index is 11.4. The number of rotatable bonds is 1. The highest BCUT2D eigenvalue weighted by Gasteiger charge is 2.53. The fraction of sp³-hybridized carbons (Fsp3) is 0.923. The van der Waals surface area contributed by atoms with Gasteiger partial charge in [-0.2, -0.15) is 0 Å². The predicted molar refractivity (Wildman–Crippen MR) is 59.3 cm³/mol. The third-order valence-electron chi connectivity index (χ3n) is 5.08. The largest absolute Gasteiger partial charge is 0.351 e. The first-order chi connectivity index (χ1) is 7.20. The van der Waals surface area contributed by atoms with Gasteiger partial charge < -0.3 is 5.32 Å². The van der Waals surface area contributed by atoms with Crippen molar-refractivity contribution in [1.29, 1.82) is 0 Å². The third kappa shape index (κ3) is 1.41. The van der Waals surface area contributed by atoms with Crippen LogP contribution in [0.15, 0.2) is 0 Å². The van der Waals surface area contributed by atoms with Gasteiger partial charge in [0, 0.05) is 12.5 Å². The van der Waals surface area contributed by atoms with Crippen LogP contribution < -0.4 is 5.32 Å². The number of nitrogens with one attached hydrogen (secondary N) is 1. The van der Waals surface area contributed by atoms with Gasteiger partial charge in [0.25, 0.3) is 0 Å². The van der Waals surface area contributed by atoms with Crippen molar-refractivity contribution in [3.63, 3.8) is 0 Å². The molecule has 4 saturated carbocycles. The van der Waals surface area contributed by atoms with Gasteiger partial charge >= 0.3 is 0 Å². The number of carbonyl (C=O) groups is 1. The standard InChI is InChI=1S/C13H21NO/c1-9(15)14-13-6-2-3-11-7-10(8-13)4-5-12(11)13/h10-12H,2-8H2,1H3,(H,14,15)/t10-,11-,12+,13+/m1/s1. The Hall–Kier alpha value is -0.530. The smallest absolute Gasteiger partial charge is 0.217 e. The van der Waals surface area contributed by atoms with Gasteiger partial charge in [-0.1, -0.05) is 6.42 Å². The summed E-state index contributed by atoms with van der Waals surface area (Å²) in [6.07, 6.45) is 9.50. The van der Waals surface area contributed by atoms with E-state index < -0.39 is 0 Å². The lowest BCUT2D eigenvalue weighted by Crippen LogP contribution is -2.63. The molecule has 4 aliphatic carbocycles. The summed E-state index contributed by atoms with van der Waals surface area (Å²) < 4.78 is 0. The predicted octanol–water partition coefficient (Wildman–Crippen LogP) is 2.48. The number of hydrogen-bond donors (Lipinski definition) is 1. The van der Waals surface area contributed by atoms with Gasteiger partial charge in [-0.3, -0.25) is 4.79 Å². The summed E-state index contributed by atoms with van der Waals surface area (Å²) in [5.74, 6) is 2.83. The first-order valence-electron chi connectivity index (χ1n) is 6.48. The van der Waals surface area contributed by atoms with Crippen LogP contribution in [0.1, 0.15) is 51.9 Å². The first-order valence-corrected chi connectivity index (χ1v) is 6.48. The lowest BCUT2D eigenvalue weighted by atomic mass is 9.51. The molecule has 0 spiro atoms. The Balaban J connectivity index is 1.89. The summed E-state index contributed by atoms with van der Waals surface area (Å²) in [7, 11) is 0. The average Bonchev–Trinajstić information content (AvgIpc) is 2.16. The van der Waals surface area contributed by atoms with Crippen LogP contribution in [0.3, 0.4) is 0 Å². The van der Waals surface area contributed by atoms with Crippen molar-refractivity contribution in [2.75, 3.05) is 0 Å². The van der Waals surface area contributed by atoms with Crippen LogP contribution in [-0.4, -0.2) is 11.4 Å². The molecule has 0 saturated heterocycles. The molecule has 4 atom stereocenters. The Bertz CT molecular complexity index is 288. The van der Waals surface area contributed by atoms with E-state index >= 15 is 0 Å². The molecule has 84 valence electrons. The van der Waals surface area contributed by atoms with Crippen LogP contribution in [0.2, 0.25) is 0 Å². The van der Waals surface area contributed by atoms with Crippen LogP contribution in [0.25, 0.3) is 0 Å². The zero-order valence-electron chi connectivity index (χ0n) is 9.59. The number of fused-ring (bicyclic) bond motifs is 1. The minimum atomic E-state index is 0.184. The molecule has 0 radical (unpaired) electrons. The Morgan fingerprint density at radius 3 is 2.93 bits per heavy atom. The molecule has 0 unspecified atom stereocenters. The normalized spacial score (nSPS) is 47.7. The molecule has 0 aromatic rings. The van der Waals surface area contributed by atoms with E-state index in [1.807, 2.05) is 0 Å². The summed E-state index contributed by atoms with van der Waals surface area (Å²) in [4.78, 5) is 11.4. The van der Waals surface area contributed by atoms with Crippen LogP contribution >= 0.6 is 0 Å². The lowest BCUT2D eigenvalue weighted by molar-refractivity contribution is -0.126.